The lowest BCUT2D eigenvalue weighted by molar-refractivity contribution is 0.601. The van der Waals surface area contributed by atoms with Crippen LogP contribution in [0.25, 0.3) is 0 Å². The van der Waals surface area contributed by atoms with E-state index in [2.05, 4.69) is 23.9 Å². The molecule has 0 heterocycles. The summed E-state index contributed by atoms with van der Waals surface area (Å²) in [6.45, 7) is 5.98. The number of anilines is 2. The van der Waals surface area contributed by atoms with Crippen LogP contribution in [-0.2, 0) is 10.0 Å². The van der Waals surface area contributed by atoms with E-state index in [-0.39, 0.29) is 4.90 Å². The highest BCUT2D eigenvalue weighted by atomic mass is 35.5. The Kier molecular flexibility index (Phi) is 5.55. The maximum Gasteiger partial charge on any atom is 0.261 e. The van der Waals surface area contributed by atoms with Crippen molar-refractivity contribution in [2.75, 3.05) is 10.0 Å². The Labute approximate surface area is 142 Å². The Morgan fingerprint density at radius 3 is 2.26 bits per heavy atom. The second-order valence-corrected chi connectivity index (χ2v) is 7.64. The van der Waals surface area contributed by atoms with Crippen molar-refractivity contribution in [1.82, 2.24) is 0 Å². The maximum absolute atomic E-state index is 12.4. The van der Waals surface area contributed by atoms with E-state index in [0.717, 1.165) is 17.7 Å². The minimum Gasteiger partial charge on any atom is -0.383 e. The molecule has 1 atom stereocenters. The number of rotatable bonds is 6. The van der Waals surface area contributed by atoms with Crippen LogP contribution >= 0.6 is 11.6 Å². The third-order valence-electron chi connectivity index (χ3n) is 3.60. The molecule has 124 valence electrons. The van der Waals surface area contributed by atoms with E-state index in [4.69, 9.17) is 11.6 Å². The minimum atomic E-state index is -3.62. The normalized spacial score (nSPS) is 12.7. The summed E-state index contributed by atoms with van der Waals surface area (Å²) in [5.41, 5.74) is 2.21. The smallest absolute Gasteiger partial charge is 0.261 e. The van der Waals surface area contributed by atoms with Gasteiger partial charge in [-0.1, -0.05) is 18.5 Å². The monoisotopic (exact) mass is 352 g/mol. The predicted octanol–water partition coefficient (Wildman–Crippen LogP) is 4.66. The number of nitrogens with one attached hydrogen (secondary N) is 2. The predicted molar refractivity (Wildman–Crippen MR) is 96.8 cm³/mol. The van der Waals surface area contributed by atoms with Crippen molar-refractivity contribution in [3.63, 3.8) is 0 Å². The van der Waals surface area contributed by atoms with Crippen molar-refractivity contribution in [3.05, 3.63) is 53.1 Å². The Morgan fingerprint density at radius 2 is 1.70 bits per heavy atom. The maximum atomic E-state index is 12.4. The van der Waals surface area contributed by atoms with Crippen molar-refractivity contribution in [1.29, 1.82) is 0 Å². The van der Waals surface area contributed by atoms with E-state index in [1.54, 1.807) is 31.2 Å². The molecule has 6 heteroatoms. The Hall–Kier alpha value is -1.72. The number of halogens is 1. The average molecular weight is 353 g/mol. The number of sulfonamides is 1. The quantitative estimate of drug-likeness (QED) is 0.794. The molecule has 23 heavy (non-hydrogen) atoms. The Bertz CT molecular complexity index is 774. The van der Waals surface area contributed by atoms with Crippen molar-refractivity contribution in [3.8, 4) is 0 Å². The summed E-state index contributed by atoms with van der Waals surface area (Å²) in [6.07, 6.45) is 1.02. The molecule has 0 aliphatic rings. The molecule has 0 amide bonds. The summed E-state index contributed by atoms with van der Waals surface area (Å²) in [7, 11) is -3.62. The SMILES string of the molecule is CCC(C)Nc1ccc(NS(=O)(=O)c2ccc(Cl)c(C)c2)cc1. The van der Waals surface area contributed by atoms with Crippen molar-refractivity contribution in [2.24, 2.45) is 0 Å². The van der Waals surface area contributed by atoms with Crippen LogP contribution < -0.4 is 10.0 Å². The molecular weight excluding hydrogens is 332 g/mol. The molecule has 2 rings (SSSR count). The van der Waals surface area contributed by atoms with Gasteiger partial charge in [-0.15, -0.1) is 0 Å². The number of hydrogen-bond donors (Lipinski definition) is 2. The summed E-state index contributed by atoms with van der Waals surface area (Å²) < 4.78 is 27.4. The fourth-order valence-corrected chi connectivity index (χ4v) is 3.28. The molecule has 0 aliphatic carbocycles. The van der Waals surface area contributed by atoms with Gasteiger partial charge in [-0.3, -0.25) is 4.72 Å². The molecule has 0 fully saturated rings. The van der Waals surface area contributed by atoms with Gasteiger partial charge in [0.2, 0.25) is 0 Å². The standard InChI is InChI=1S/C17H21ClN2O2S/c1-4-13(3)19-14-5-7-15(8-6-14)20-23(21,22)16-9-10-17(18)12(2)11-16/h5-11,13,19-20H,4H2,1-3H3. The highest BCUT2D eigenvalue weighted by Gasteiger charge is 2.15. The third kappa shape index (κ3) is 4.62. The zero-order valence-electron chi connectivity index (χ0n) is 13.4. The van der Waals surface area contributed by atoms with E-state index < -0.39 is 10.0 Å². The number of aryl methyl sites for hydroxylation is 1. The lowest BCUT2D eigenvalue weighted by Crippen LogP contribution is -2.14. The van der Waals surface area contributed by atoms with Gasteiger partial charge in [-0.2, -0.15) is 0 Å². The molecule has 4 nitrogen and oxygen atoms in total. The van der Waals surface area contributed by atoms with Crippen LogP contribution in [0.2, 0.25) is 5.02 Å². The van der Waals surface area contributed by atoms with Crippen LogP contribution in [0.15, 0.2) is 47.4 Å². The van der Waals surface area contributed by atoms with Gasteiger partial charge in [-0.25, -0.2) is 8.42 Å². The first kappa shape index (κ1) is 17.6. The molecule has 0 bridgehead atoms. The number of hydrogen-bond acceptors (Lipinski definition) is 3. The summed E-state index contributed by atoms with van der Waals surface area (Å²) in [6, 6.07) is 12.2. The summed E-state index contributed by atoms with van der Waals surface area (Å²) in [4.78, 5) is 0.196. The molecule has 2 aromatic carbocycles. The lowest BCUT2D eigenvalue weighted by Gasteiger charge is -2.14. The fourth-order valence-electron chi connectivity index (χ4n) is 2.02. The van der Waals surface area contributed by atoms with Crippen LogP contribution in [0.3, 0.4) is 0 Å². The van der Waals surface area contributed by atoms with Crippen molar-refractivity contribution >= 4 is 33.0 Å². The highest BCUT2D eigenvalue weighted by molar-refractivity contribution is 7.92. The van der Waals surface area contributed by atoms with E-state index in [1.807, 2.05) is 12.1 Å². The summed E-state index contributed by atoms with van der Waals surface area (Å²) >= 11 is 5.94. The first-order valence-corrected chi connectivity index (χ1v) is 9.33. The number of benzene rings is 2. The molecule has 0 spiro atoms. The molecule has 0 aromatic heterocycles. The molecule has 0 saturated heterocycles. The zero-order valence-corrected chi connectivity index (χ0v) is 15.0. The van der Waals surface area contributed by atoms with E-state index in [0.29, 0.717) is 16.8 Å². The first-order valence-electron chi connectivity index (χ1n) is 7.47. The third-order valence-corrected chi connectivity index (χ3v) is 5.41. The Balaban J connectivity index is 2.15. The van der Waals surface area contributed by atoms with Gasteiger partial charge in [0.15, 0.2) is 0 Å². The van der Waals surface area contributed by atoms with Gasteiger partial charge in [0.1, 0.15) is 0 Å². The molecule has 2 aromatic rings. The van der Waals surface area contributed by atoms with Crippen molar-refractivity contribution < 1.29 is 8.42 Å². The highest BCUT2D eigenvalue weighted by Crippen LogP contribution is 2.22. The van der Waals surface area contributed by atoms with Crippen LogP contribution in [0.4, 0.5) is 11.4 Å². The topological polar surface area (TPSA) is 58.2 Å². The lowest BCUT2D eigenvalue weighted by atomic mass is 10.2. The zero-order chi connectivity index (χ0) is 17.0. The second kappa shape index (κ2) is 7.23. The van der Waals surface area contributed by atoms with Crippen LogP contribution in [-0.4, -0.2) is 14.5 Å². The van der Waals surface area contributed by atoms with Gasteiger partial charge < -0.3 is 5.32 Å². The molecule has 1 unspecified atom stereocenters. The molecule has 0 radical (unpaired) electrons. The average Bonchev–Trinajstić information content (AvgIpc) is 2.51. The Morgan fingerprint density at radius 1 is 1.09 bits per heavy atom. The van der Waals surface area contributed by atoms with Crippen molar-refractivity contribution in [2.45, 2.75) is 38.1 Å². The van der Waals surface area contributed by atoms with Gasteiger partial charge in [0.05, 0.1) is 4.90 Å². The first-order chi connectivity index (χ1) is 10.8. The molecule has 0 saturated carbocycles. The van der Waals surface area contributed by atoms with Gasteiger partial charge >= 0.3 is 0 Å². The second-order valence-electron chi connectivity index (χ2n) is 5.55. The minimum absolute atomic E-state index is 0.196. The fraction of sp³-hybridized carbons (Fsp3) is 0.294. The van der Waals surface area contributed by atoms with E-state index in [9.17, 15) is 8.42 Å². The molecule has 2 N–H and O–H groups in total. The van der Waals surface area contributed by atoms with Gasteiger partial charge in [0, 0.05) is 22.4 Å². The molecular formula is C17H21ClN2O2S. The van der Waals surface area contributed by atoms with Crippen LogP contribution in [0.1, 0.15) is 25.8 Å². The summed E-state index contributed by atoms with van der Waals surface area (Å²) in [5, 5.41) is 3.88. The molecule has 0 aliphatic heterocycles. The van der Waals surface area contributed by atoms with Gasteiger partial charge in [-0.05, 0) is 68.3 Å². The van der Waals surface area contributed by atoms with Crippen LogP contribution in [0, 0.1) is 6.92 Å². The summed E-state index contributed by atoms with van der Waals surface area (Å²) in [5.74, 6) is 0. The van der Waals surface area contributed by atoms with Gasteiger partial charge in [0.25, 0.3) is 10.0 Å². The largest absolute Gasteiger partial charge is 0.383 e. The van der Waals surface area contributed by atoms with E-state index >= 15 is 0 Å². The van der Waals surface area contributed by atoms with E-state index in [1.165, 1.54) is 6.07 Å². The van der Waals surface area contributed by atoms with Crippen LogP contribution in [0.5, 0.6) is 0 Å².